The van der Waals surface area contributed by atoms with Gasteiger partial charge in [-0.2, -0.15) is 9.61 Å². The van der Waals surface area contributed by atoms with Crippen LogP contribution < -0.4 is 5.32 Å². The van der Waals surface area contributed by atoms with Crippen molar-refractivity contribution in [3.05, 3.63) is 10.8 Å². The minimum absolute atomic E-state index is 0.0488. The summed E-state index contributed by atoms with van der Waals surface area (Å²) in [6, 6.07) is -0.252. The van der Waals surface area contributed by atoms with Crippen molar-refractivity contribution in [2.45, 2.75) is 45.1 Å². The average Bonchev–Trinajstić information content (AvgIpc) is 3.09. The number of aromatic nitrogens is 4. The summed E-state index contributed by atoms with van der Waals surface area (Å²) in [5.74, 6) is 1.11. The first kappa shape index (κ1) is 16.3. The molecule has 1 fully saturated rings. The SMILES string of the molecule is CC(C)c1nnc2sc(CCC(=O)NC3CCS(=O)(=O)C3)nn12. The third-order valence-corrected chi connectivity index (χ3v) is 6.46. The molecular weight excluding hydrogens is 338 g/mol. The van der Waals surface area contributed by atoms with Gasteiger partial charge in [0, 0.05) is 24.8 Å². The summed E-state index contributed by atoms with van der Waals surface area (Å²) < 4.78 is 24.5. The fraction of sp³-hybridized carbons (Fsp3) is 0.692. The molecule has 1 aliphatic heterocycles. The van der Waals surface area contributed by atoms with Crippen LogP contribution in [-0.4, -0.2) is 51.7 Å². The molecule has 0 radical (unpaired) electrons. The van der Waals surface area contributed by atoms with Gasteiger partial charge < -0.3 is 5.32 Å². The number of fused-ring (bicyclic) bond motifs is 1. The van der Waals surface area contributed by atoms with Crippen LogP contribution in [-0.2, 0) is 21.1 Å². The molecule has 2 aromatic rings. The van der Waals surface area contributed by atoms with Crippen molar-refractivity contribution in [1.82, 2.24) is 25.1 Å². The number of sulfone groups is 1. The van der Waals surface area contributed by atoms with Crippen molar-refractivity contribution < 1.29 is 13.2 Å². The maximum Gasteiger partial charge on any atom is 0.234 e. The van der Waals surface area contributed by atoms with Gasteiger partial charge in [0.25, 0.3) is 0 Å². The summed E-state index contributed by atoms with van der Waals surface area (Å²) >= 11 is 1.42. The number of hydrogen-bond acceptors (Lipinski definition) is 7. The average molecular weight is 357 g/mol. The molecule has 1 atom stereocenters. The van der Waals surface area contributed by atoms with E-state index in [9.17, 15) is 13.2 Å². The van der Waals surface area contributed by atoms with Crippen LogP contribution in [0.5, 0.6) is 0 Å². The molecule has 1 amide bonds. The summed E-state index contributed by atoms with van der Waals surface area (Å²) in [5.41, 5.74) is 0. The van der Waals surface area contributed by atoms with Gasteiger partial charge in [-0.05, 0) is 6.42 Å². The van der Waals surface area contributed by atoms with Crippen molar-refractivity contribution in [2.75, 3.05) is 11.5 Å². The van der Waals surface area contributed by atoms with Crippen molar-refractivity contribution in [3.63, 3.8) is 0 Å². The topological polar surface area (TPSA) is 106 Å². The van der Waals surface area contributed by atoms with E-state index in [0.29, 0.717) is 12.8 Å². The third kappa shape index (κ3) is 3.69. The summed E-state index contributed by atoms with van der Waals surface area (Å²) in [4.78, 5) is 12.7. The van der Waals surface area contributed by atoms with E-state index in [1.54, 1.807) is 4.52 Å². The summed E-state index contributed by atoms with van der Waals surface area (Å²) in [6.07, 6.45) is 1.30. The number of amides is 1. The molecule has 0 aliphatic carbocycles. The van der Waals surface area contributed by atoms with Gasteiger partial charge in [-0.3, -0.25) is 4.79 Å². The van der Waals surface area contributed by atoms with Crippen molar-refractivity contribution in [1.29, 1.82) is 0 Å². The van der Waals surface area contributed by atoms with E-state index in [4.69, 9.17) is 0 Å². The predicted octanol–water partition coefficient (Wildman–Crippen LogP) is 0.545. The Kier molecular flexibility index (Phi) is 4.37. The first-order valence-electron chi connectivity index (χ1n) is 7.55. The lowest BCUT2D eigenvalue weighted by Crippen LogP contribution is -2.35. The number of nitrogens with one attached hydrogen (secondary N) is 1. The summed E-state index contributed by atoms with van der Waals surface area (Å²) in [5, 5.41) is 16.3. The molecule has 8 nitrogen and oxygen atoms in total. The summed E-state index contributed by atoms with van der Waals surface area (Å²) in [6.45, 7) is 4.05. The Morgan fingerprint density at radius 3 is 2.87 bits per heavy atom. The lowest BCUT2D eigenvalue weighted by Gasteiger charge is -2.09. The highest BCUT2D eigenvalue weighted by Crippen LogP contribution is 2.19. The second-order valence-corrected chi connectivity index (χ2v) is 9.34. The summed E-state index contributed by atoms with van der Waals surface area (Å²) in [7, 11) is -2.97. The first-order valence-corrected chi connectivity index (χ1v) is 10.2. The van der Waals surface area contributed by atoms with Gasteiger partial charge in [0.15, 0.2) is 15.7 Å². The van der Waals surface area contributed by atoms with Crippen LogP contribution in [0.1, 0.15) is 43.4 Å². The molecule has 3 rings (SSSR count). The van der Waals surface area contributed by atoms with Crippen LogP contribution >= 0.6 is 11.3 Å². The number of aryl methyl sites for hydroxylation is 1. The van der Waals surface area contributed by atoms with Crippen LogP contribution in [0.25, 0.3) is 4.96 Å². The molecule has 1 aliphatic rings. The van der Waals surface area contributed by atoms with Gasteiger partial charge in [-0.25, -0.2) is 8.42 Å². The van der Waals surface area contributed by atoms with Gasteiger partial charge in [-0.15, -0.1) is 10.2 Å². The molecule has 1 unspecified atom stereocenters. The van der Waals surface area contributed by atoms with Crippen LogP contribution in [0, 0.1) is 0 Å². The zero-order valence-electron chi connectivity index (χ0n) is 13.0. The highest BCUT2D eigenvalue weighted by atomic mass is 32.2. The van der Waals surface area contributed by atoms with E-state index < -0.39 is 9.84 Å². The van der Waals surface area contributed by atoms with Crippen molar-refractivity contribution >= 4 is 32.0 Å². The molecule has 0 bridgehead atoms. The lowest BCUT2D eigenvalue weighted by molar-refractivity contribution is -0.121. The normalized spacial score (nSPS) is 20.4. The molecule has 1 N–H and O–H groups in total. The smallest absolute Gasteiger partial charge is 0.234 e. The van der Waals surface area contributed by atoms with Gasteiger partial charge in [0.05, 0.1) is 11.5 Å². The second-order valence-electron chi connectivity index (χ2n) is 6.07. The molecule has 0 aromatic carbocycles. The van der Waals surface area contributed by atoms with Crippen molar-refractivity contribution in [3.8, 4) is 0 Å². The molecule has 10 heteroatoms. The largest absolute Gasteiger partial charge is 0.352 e. The van der Waals surface area contributed by atoms with E-state index in [0.717, 1.165) is 15.8 Å². The monoisotopic (exact) mass is 357 g/mol. The number of carbonyl (C=O) groups is 1. The van der Waals surface area contributed by atoms with Crippen molar-refractivity contribution in [2.24, 2.45) is 0 Å². The second kappa shape index (κ2) is 6.16. The van der Waals surface area contributed by atoms with Crippen LogP contribution in [0.4, 0.5) is 0 Å². The Morgan fingerprint density at radius 1 is 1.43 bits per heavy atom. The molecular formula is C13H19N5O3S2. The Labute approximate surface area is 138 Å². The minimum Gasteiger partial charge on any atom is -0.352 e. The Balaban J connectivity index is 1.57. The molecule has 0 saturated carbocycles. The van der Waals surface area contributed by atoms with Gasteiger partial charge in [-0.1, -0.05) is 25.2 Å². The highest BCUT2D eigenvalue weighted by molar-refractivity contribution is 7.91. The van der Waals surface area contributed by atoms with Gasteiger partial charge >= 0.3 is 0 Å². The molecule has 23 heavy (non-hydrogen) atoms. The van der Waals surface area contributed by atoms with E-state index >= 15 is 0 Å². The number of carbonyl (C=O) groups excluding carboxylic acids is 1. The zero-order chi connectivity index (χ0) is 16.6. The standard InChI is InChI=1S/C13H19N5O3S2/c1-8(2)12-15-16-13-18(12)17-11(22-13)4-3-10(19)14-9-5-6-23(20,21)7-9/h8-9H,3-7H2,1-2H3,(H,14,19). The minimum atomic E-state index is -2.97. The number of hydrogen-bond donors (Lipinski definition) is 1. The van der Waals surface area contributed by atoms with Crippen LogP contribution in [0.3, 0.4) is 0 Å². The Bertz CT molecular complexity index is 824. The highest BCUT2D eigenvalue weighted by Gasteiger charge is 2.28. The number of nitrogens with zero attached hydrogens (tertiary/aromatic N) is 4. The van der Waals surface area contributed by atoms with Crippen LogP contribution in [0.2, 0.25) is 0 Å². The fourth-order valence-corrected chi connectivity index (χ4v) is 5.08. The van der Waals surface area contributed by atoms with Gasteiger partial charge in [0.2, 0.25) is 10.9 Å². The van der Waals surface area contributed by atoms with E-state index in [1.165, 1.54) is 11.3 Å². The molecule has 3 heterocycles. The first-order chi connectivity index (χ1) is 10.8. The molecule has 0 spiro atoms. The molecule has 1 saturated heterocycles. The zero-order valence-corrected chi connectivity index (χ0v) is 14.7. The number of rotatable bonds is 5. The van der Waals surface area contributed by atoms with Crippen LogP contribution in [0.15, 0.2) is 0 Å². The Morgan fingerprint density at radius 2 is 2.22 bits per heavy atom. The van der Waals surface area contributed by atoms with E-state index in [1.807, 2.05) is 13.8 Å². The fourth-order valence-electron chi connectivity index (χ4n) is 2.56. The van der Waals surface area contributed by atoms with Gasteiger partial charge in [0.1, 0.15) is 5.01 Å². The lowest BCUT2D eigenvalue weighted by atomic mass is 10.2. The third-order valence-electron chi connectivity index (χ3n) is 3.74. The maximum absolute atomic E-state index is 11.9. The van der Waals surface area contributed by atoms with E-state index in [-0.39, 0.29) is 35.8 Å². The molecule has 126 valence electrons. The quantitative estimate of drug-likeness (QED) is 0.837. The van der Waals surface area contributed by atoms with E-state index in [2.05, 4.69) is 20.6 Å². The maximum atomic E-state index is 11.9. The molecule has 2 aromatic heterocycles. The Hall–Kier alpha value is -1.55. The predicted molar refractivity (Wildman–Crippen MR) is 86.3 cm³/mol.